The van der Waals surface area contributed by atoms with Crippen molar-refractivity contribution in [2.24, 2.45) is 0 Å². The summed E-state index contributed by atoms with van der Waals surface area (Å²) in [6.07, 6.45) is 0.468. The van der Waals surface area contributed by atoms with Gasteiger partial charge in [0, 0.05) is 31.6 Å². The van der Waals surface area contributed by atoms with E-state index >= 15 is 0 Å². The number of nitrogens with zero attached hydrogens (tertiary/aromatic N) is 5. The molecule has 26 heavy (non-hydrogen) atoms. The van der Waals surface area contributed by atoms with Crippen LogP contribution in [0, 0.1) is 0 Å². The van der Waals surface area contributed by atoms with E-state index in [0.717, 1.165) is 43.2 Å². The Morgan fingerprint density at radius 1 is 0.885 bits per heavy atom. The van der Waals surface area contributed by atoms with Crippen molar-refractivity contribution >= 4 is 16.7 Å². The molecule has 1 atom stereocenters. The fraction of sp³-hybridized carbons (Fsp3) is 0.381. The van der Waals surface area contributed by atoms with E-state index in [1.165, 1.54) is 5.39 Å². The lowest BCUT2D eigenvalue weighted by Crippen LogP contribution is -2.53. The fourth-order valence-electron chi connectivity index (χ4n) is 3.68. The molecule has 0 N–H and O–H groups in total. The summed E-state index contributed by atoms with van der Waals surface area (Å²) in [5.41, 5.74) is 2.27. The van der Waals surface area contributed by atoms with Crippen LogP contribution in [0.4, 0.5) is 5.82 Å². The summed E-state index contributed by atoms with van der Waals surface area (Å²) in [6.45, 7) is 6.41. The van der Waals surface area contributed by atoms with Gasteiger partial charge in [-0.05, 0) is 45.3 Å². The lowest BCUT2D eigenvalue weighted by Gasteiger charge is -2.40. The van der Waals surface area contributed by atoms with E-state index in [9.17, 15) is 0 Å². The van der Waals surface area contributed by atoms with E-state index in [4.69, 9.17) is 5.10 Å². The molecule has 5 heteroatoms. The van der Waals surface area contributed by atoms with Gasteiger partial charge < -0.3 is 4.90 Å². The van der Waals surface area contributed by atoms with Crippen LogP contribution in [0.5, 0.6) is 0 Å². The summed E-state index contributed by atoms with van der Waals surface area (Å²) in [5, 5.41) is 6.23. The molecule has 2 heterocycles. The molecule has 0 bridgehead atoms. The normalized spacial score (nSPS) is 17.2. The quantitative estimate of drug-likeness (QED) is 0.724. The van der Waals surface area contributed by atoms with Crippen molar-refractivity contribution in [1.82, 2.24) is 19.6 Å². The van der Waals surface area contributed by atoms with Crippen molar-refractivity contribution in [1.29, 1.82) is 0 Å². The van der Waals surface area contributed by atoms with Crippen LogP contribution in [0.3, 0.4) is 0 Å². The van der Waals surface area contributed by atoms with Crippen LogP contribution in [0.15, 0.2) is 54.6 Å². The van der Waals surface area contributed by atoms with Crippen molar-refractivity contribution in [2.75, 3.05) is 45.2 Å². The first kappa shape index (κ1) is 17.1. The van der Waals surface area contributed by atoms with Crippen molar-refractivity contribution in [3.8, 4) is 5.69 Å². The number of para-hydroxylation sites is 2. The summed E-state index contributed by atoms with van der Waals surface area (Å²) < 4.78 is 2.07. The molecular formula is C21H27N5. The smallest absolute Gasteiger partial charge is 0.159 e. The first-order chi connectivity index (χ1) is 12.6. The van der Waals surface area contributed by atoms with E-state index in [-0.39, 0.29) is 0 Å². The lowest BCUT2D eigenvalue weighted by molar-refractivity contribution is 0.0878. The summed E-state index contributed by atoms with van der Waals surface area (Å²) in [7, 11) is 4.29. The molecular weight excluding hydrogens is 322 g/mol. The number of benzene rings is 2. The highest BCUT2D eigenvalue weighted by Crippen LogP contribution is 2.29. The Kier molecular flexibility index (Phi) is 4.66. The minimum atomic E-state index is 0.468. The van der Waals surface area contributed by atoms with Crippen LogP contribution in [0.25, 0.3) is 16.6 Å². The highest BCUT2D eigenvalue weighted by atomic mass is 15.4. The Hall–Kier alpha value is -2.37. The Morgan fingerprint density at radius 3 is 2.23 bits per heavy atom. The van der Waals surface area contributed by atoms with E-state index in [1.807, 2.05) is 6.07 Å². The summed E-state index contributed by atoms with van der Waals surface area (Å²) >= 11 is 0. The molecule has 0 saturated carbocycles. The average molecular weight is 349 g/mol. The molecule has 2 aromatic carbocycles. The predicted molar refractivity (Wildman–Crippen MR) is 108 cm³/mol. The van der Waals surface area contributed by atoms with Gasteiger partial charge in [0.2, 0.25) is 0 Å². The van der Waals surface area contributed by atoms with Crippen molar-refractivity contribution in [3.63, 3.8) is 0 Å². The topological polar surface area (TPSA) is 27.5 Å². The largest absolute Gasteiger partial charge is 0.352 e. The Balaban J connectivity index is 1.64. The van der Waals surface area contributed by atoms with Crippen LogP contribution >= 0.6 is 0 Å². The Bertz CT molecular complexity index is 862. The van der Waals surface area contributed by atoms with Gasteiger partial charge in [-0.1, -0.05) is 30.3 Å². The van der Waals surface area contributed by atoms with Crippen molar-refractivity contribution < 1.29 is 0 Å². The molecule has 3 aromatic rings. The number of aromatic nitrogens is 2. The van der Waals surface area contributed by atoms with Gasteiger partial charge in [0.05, 0.1) is 17.4 Å². The molecule has 1 aliphatic heterocycles. The maximum atomic E-state index is 5.00. The zero-order valence-electron chi connectivity index (χ0n) is 15.8. The first-order valence-electron chi connectivity index (χ1n) is 9.34. The molecule has 5 nitrogen and oxygen atoms in total. The van der Waals surface area contributed by atoms with E-state index < -0.39 is 0 Å². The highest BCUT2D eigenvalue weighted by molar-refractivity contribution is 5.91. The molecule has 136 valence electrons. The number of rotatable bonds is 4. The van der Waals surface area contributed by atoms with Crippen molar-refractivity contribution in [3.05, 3.63) is 54.6 Å². The van der Waals surface area contributed by atoms with Crippen LogP contribution in [0.2, 0.25) is 0 Å². The van der Waals surface area contributed by atoms with Crippen LogP contribution in [-0.2, 0) is 0 Å². The zero-order valence-corrected chi connectivity index (χ0v) is 15.8. The monoisotopic (exact) mass is 349 g/mol. The molecule has 1 aliphatic rings. The van der Waals surface area contributed by atoms with E-state index in [0.29, 0.717) is 6.17 Å². The minimum Gasteiger partial charge on any atom is -0.352 e. The first-order valence-corrected chi connectivity index (χ1v) is 9.34. The van der Waals surface area contributed by atoms with Gasteiger partial charge >= 0.3 is 0 Å². The highest BCUT2D eigenvalue weighted by Gasteiger charge is 2.25. The second-order valence-electron chi connectivity index (χ2n) is 7.21. The van der Waals surface area contributed by atoms with E-state index in [2.05, 4.69) is 88.9 Å². The molecule has 4 rings (SSSR count). The van der Waals surface area contributed by atoms with Crippen LogP contribution < -0.4 is 4.90 Å². The van der Waals surface area contributed by atoms with Gasteiger partial charge in [-0.2, -0.15) is 0 Å². The number of hydrogen-bond donors (Lipinski definition) is 0. The molecule has 1 unspecified atom stereocenters. The lowest BCUT2D eigenvalue weighted by atomic mass is 10.2. The van der Waals surface area contributed by atoms with Crippen LogP contribution in [-0.4, -0.2) is 66.0 Å². The number of hydrogen-bond acceptors (Lipinski definition) is 4. The second kappa shape index (κ2) is 7.09. The van der Waals surface area contributed by atoms with Gasteiger partial charge in [-0.25, -0.2) is 4.68 Å². The molecule has 0 amide bonds. The maximum Gasteiger partial charge on any atom is 0.159 e. The number of anilines is 1. The SMILES string of the molecule is CC(N(C)C)N1CCN(c2nn(-c3ccccc3)c3ccccc23)CC1. The molecule has 1 saturated heterocycles. The third-order valence-electron chi connectivity index (χ3n) is 5.46. The Labute approximate surface area is 155 Å². The Morgan fingerprint density at radius 2 is 1.54 bits per heavy atom. The summed E-state index contributed by atoms with van der Waals surface area (Å²) in [4.78, 5) is 7.24. The van der Waals surface area contributed by atoms with E-state index in [1.54, 1.807) is 0 Å². The minimum absolute atomic E-state index is 0.468. The zero-order chi connectivity index (χ0) is 18.1. The summed E-state index contributed by atoms with van der Waals surface area (Å²) in [5.74, 6) is 1.10. The third-order valence-corrected chi connectivity index (χ3v) is 5.46. The van der Waals surface area contributed by atoms with Crippen molar-refractivity contribution in [2.45, 2.75) is 13.1 Å². The molecule has 0 radical (unpaired) electrons. The average Bonchev–Trinajstić information content (AvgIpc) is 3.08. The molecule has 1 aromatic heterocycles. The van der Waals surface area contributed by atoms with Gasteiger partial charge in [-0.15, -0.1) is 5.10 Å². The molecule has 0 spiro atoms. The number of piperazine rings is 1. The third kappa shape index (κ3) is 3.08. The van der Waals surface area contributed by atoms with Gasteiger partial charge in [0.1, 0.15) is 0 Å². The molecule has 0 aliphatic carbocycles. The van der Waals surface area contributed by atoms with Crippen LogP contribution in [0.1, 0.15) is 6.92 Å². The van der Waals surface area contributed by atoms with Gasteiger partial charge in [0.25, 0.3) is 0 Å². The number of fused-ring (bicyclic) bond motifs is 1. The predicted octanol–water partition coefficient (Wildman–Crippen LogP) is 3.06. The summed E-state index contributed by atoms with van der Waals surface area (Å²) in [6, 6.07) is 18.9. The van der Waals surface area contributed by atoms with Gasteiger partial charge in [-0.3, -0.25) is 9.80 Å². The maximum absolute atomic E-state index is 5.00. The van der Waals surface area contributed by atoms with Gasteiger partial charge in [0.15, 0.2) is 5.82 Å². The standard InChI is InChI=1S/C21H27N5/c1-17(23(2)3)24-13-15-25(16-14-24)21-19-11-7-8-12-20(19)26(22-21)18-9-5-4-6-10-18/h4-12,17H,13-16H2,1-3H3. The second-order valence-corrected chi connectivity index (χ2v) is 7.21. The molecule has 1 fully saturated rings. The fourth-order valence-corrected chi connectivity index (χ4v) is 3.68.